The van der Waals surface area contributed by atoms with Gasteiger partial charge < -0.3 is 21.2 Å². The van der Waals surface area contributed by atoms with E-state index in [0.29, 0.717) is 26.1 Å². The summed E-state index contributed by atoms with van der Waals surface area (Å²) in [5.74, 6) is -0.240. The van der Waals surface area contributed by atoms with Gasteiger partial charge in [0.2, 0.25) is 5.91 Å². The van der Waals surface area contributed by atoms with Gasteiger partial charge in [-0.1, -0.05) is 0 Å². The van der Waals surface area contributed by atoms with Crippen molar-refractivity contribution in [3.05, 3.63) is 0 Å². The molecule has 0 aromatic heterocycles. The molecule has 0 aromatic carbocycles. The van der Waals surface area contributed by atoms with Crippen LogP contribution in [-0.4, -0.2) is 50.6 Å². The minimum atomic E-state index is -0.425. The largest absolute Gasteiger partial charge is 0.332 e. The zero-order valence-electron chi connectivity index (χ0n) is 9.60. The Kier molecular flexibility index (Phi) is 8.85. The van der Waals surface area contributed by atoms with Crippen molar-refractivity contribution in [3.63, 3.8) is 0 Å². The Labute approximate surface area is 97.9 Å². The third-order valence-corrected chi connectivity index (χ3v) is 2.38. The summed E-state index contributed by atoms with van der Waals surface area (Å²) in [7, 11) is 5.28. The molecule has 0 bridgehead atoms. The van der Waals surface area contributed by atoms with Crippen molar-refractivity contribution in [2.75, 3.05) is 19.6 Å². The highest BCUT2D eigenvalue weighted by Gasteiger charge is 2.20. The number of nitrogens with two attached hydrogens (primary N) is 2. The SMILES string of the molecule is [B]CC(=O)N(CCN)[C@@H](C=O)CCCCN. The number of rotatable bonds is 9. The molecule has 1 atom stereocenters. The van der Waals surface area contributed by atoms with Gasteiger partial charge in [0, 0.05) is 13.1 Å². The fraction of sp³-hybridized carbons (Fsp3) is 0.800. The first-order valence-corrected chi connectivity index (χ1v) is 5.56. The molecule has 1 amide bonds. The van der Waals surface area contributed by atoms with Crippen LogP contribution in [0.2, 0.25) is 6.32 Å². The molecule has 2 radical (unpaired) electrons. The molecule has 16 heavy (non-hydrogen) atoms. The molecular weight excluding hydrogens is 205 g/mol. The van der Waals surface area contributed by atoms with Crippen molar-refractivity contribution >= 4 is 20.0 Å². The van der Waals surface area contributed by atoms with E-state index in [-0.39, 0.29) is 12.2 Å². The molecule has 0 aliphatic carbocycles. The number of carbonyl (C=O) groups excluding carboxylic acids is 2. The van der Waals surface area contributed by atoms with E-state index >= 15 is 0 Å². The Bertz CT molecular complexity index is 214. The number of carbonyl (C=O) groups is 2. The van der Waals surface area contributed by atoms with E-state index in [1.54, 1.807) is 0 Å². The third kappa shape index (κ3) is 5.28. The summed E-state index contributed by atoms with van der Waals surface area (Å²) in [6, 6.07) is -0.425. The van der Waals surface area contributed by atoms with Crippen molar-refractivity contribution in [2.45, 2.75) is 31.6 Å². The number of unbranched alkanes of at least 4 members (excludes halogenated alkanes) is 1. The van der Waals surface area contributed by atoms with Crippen LogP contribution < -0.4 is 11.5 Å². The van der Waals surface area contributed by atoms with Crippen molar-refractivity contribution in [1.82, 2.24) is 4.90 Å². The first-order valence-electron chi connectivity index (χ1n) is 5.56. The van der Waals surface area contributed by atoms with Crippen LogP contribution in [0.1, 0.15) is 19.3 Å². The molecule has 0 heterocycles. The van der Waals surface area contributed by atoms with Gasteiger partial charge in [0.1, 0.15) is 6.29 Å². The maximum absolute atomic E-state index is 11.5. The lowest BCUT2D eigenvalue weighted by Crippen LogP contribution is -2.44. The molecule has 0 aromatic rings. The van der Waals surface area contributed by atoms with Crippen LogP contribution in [0.15, 0.2) is 0 Å². The van der Waals surface area contributed by atoms with E-state index in [2.05, 4.69) is 0 Å². The highest BCUT2D eigenvalue weighted by molar-refractivity contribution is 6.19. The van der Waals surface area contributed by atoms with Gasteiger partial charge in [0.15, 0.2) is 0 Å². The van der Waals surface area contributed by atoms with Gasteiger partial charge >= 0.3 is 0 Å². The van der Waals surface area contributed by atoms with Crippen molar-refractivity contribution < 1.29 is 9.59 Å². The summed E-state index contributed by atoms with van der Waals surface area (Å²) in [4.78, 5) is 23.9. The fourth-order valence-corrected chi connectivity index (χ4v) is 1.53. The summed E-state index contributed by atoms with van der Waals surface area (Å²) < 4.78 is 0. The zero-order chi connectivity index (χ0) is 12.4. The Hall–Kier alpha value is -0.875. The quantitative estimate of drug-likeness (QED) is 0.301. The molecule has 0 spiro atoms. The molecule has 6 heteroatoms. The van der Waals surface area contributed by atoms with Gasteiger partial charge in [-0.2, -0.15) is 0 Å². The molecule has 0 aliphatic heterocycles. The molecule has 90 valence electrons. The highest BCUT2D eigenvalue weighted by Crippen LogP contribution is 2.08. The summed E-state index contributed by atoms with van der Waals surface area (Å²) in [6.45, 7) is 1.28. The maximum Gasteiger partial charge on any atom is 0.214 e. The van der Waals surface area contributed by atoms with Gasteiger partial charge in [-0.25, -0.2) is 0 Å². The normalized spacial score (nSPS) is 12.1. The minimum Gasteiger partial charge on any atom is -0.332 e. The number of hydrogen-bond acceptors (Lipinski definition) is 4. The van der Waals surface area contributed by atoms with Crippen LogP contribution in [0.4, 0.5) is 0 Å². The van der Waals surface area contributed by atoms with Crippen LogP contribution in [0.25, 0.3) is 0 Å². The van der Waals surface area contributed by atoms with Crippen molar-refractivity contribution in [3.8, 4) is 0 Å². The van der Waals surface area contributed by atoms with Crippen LogP contribution >= 0.6 is 0 Å². The van der Waals surface area contributed by atoms with Gasteiger partial charge in [-0.15, -0.1) is 0 Å². The number of aldehydes is 1. The first kappa shape index (κ1) is 15.1. The average Bonchev–Trinajstić information content (AvgIpc) is 2.31. The minimum absolute atomic E-state index is 0.0960. The van der Waals surface area contributed by atoms with E-state index in [1.807, 2.05) is 0 Å². The predicted molar refractivity (Wildman–Crippen MR) is 64.1 cm³/mol. The smallest absolute Gasteiger partial charge is 0.214 e. The van der Waals surface area contributed by atoms with Crippen LogP contribution in [-0.2, 0) is 9.59 Å². The van der Waals surface area contributed by atoms with E-state index < -0.39 is 6.04 Å². The Balaban J connectivity index is 4.32. The predicted octanol–water partition coefficient (Wildman–Crippen LogP) is -0.943. The second-order valence-electron chi connectivity index (χ2n) is 3.57. The average molecular weight is 225 g/mol. The summed E-state index contributed by atoms with van der Waals surface area (Å²) >= 11 is 0. The molecule has 0 unspecified atom stereocenters. The number of amides is 1. The lowest BCUT2D eigenvalue weighted by molar-refractivity contribution is -0.134. The summed E-state index contributed by atoms with van der Waals surface area (Å²) in [5.41, 5.74) is 10.8. The fourth-order valence-electron chi connectivity index (χ4n) is 1.53. The third-order valence-electron chi connectivity index (χ3n) is 2.38. The molecule has 0 fully saturated rings. The van der Waals surface area contributed by atoms with Crippen molar-refractivity contribution in [2.24, 2.45) is 11.5 Å². The Morgan fingerprint density at radius 2 is 2.00 bits per heavy atom. The van der Waals surface area contributed by atoms with Crippen LogP contribution in [0.5, 0.6) is 0 Å². The first-order chi connectivity index (χ1) is 7.71. The molecular formula is C10H20BN3O2. The number of nitrogens with zero attached hydrogens (tertiary/aromatic N) is 1. The summed E-state index contributed by atoms with van der Waals surface area (Å²) in [6.07, 6.45) is 2.96. The lowest BCUT2D eigenvalue weighted by Gasteiger charge is -2.27. The maximum atomic E-state index is 11.5. The van der Waals surface area contributed by atoms with Gasteiger partial charge in [0.05, 0.1) is 13.9 Å². The molecule has 0 aliphatic rings. The molecule has 0 saturated carbocycles. The van der Waals surface area contributed by atoms with E-state index in [4.69, 9.17) is 19.3 Å². The van der Waals surface area contributed by atoms with E-state index in [0.717, 1.165) is 19.1 Å². The Morgan fingerprint density at radius 1 is 1.31 bits per heavy atom. The van der Waals surface area contributed by atoms with Crippen molar-refractivity contribution in [1.29, 1.82) is 0 Å². The monoisotopic (exact) mass is 225 g/mol. The molecule has 5 nitrogen and oxygen atoms in total. The Morgan fingerprint density at radius 3 is 2.44 bits per heavy atom. The molecule has 0 rings (SSSR count). The van der Waals surface area contributed by atoms with Gasteiger partial charge in [0.25, 0.3) is 0 Å². The number of hydrogen-bond donors (Lipinski definition) is 2. The van der Waals surface area contributed by atoms with Gasteiger partial charge in [-0.05, 0) is 32.1 Å². The standard InChI is InChI=1S/C10H20BN3O2/c11-7-10(16)14(6-5-13)9(8-15)3-1-2-4-12/h8-9H,1-7,12-13H2/t9-/m1/s1. The van der Waals surface area contributed by atoms with E-state index in [9.17, 15) is 9.59 Å². The van der Waals surface area contributed by atoms with Crippen LogP contribution in [0, 0.1) is 0 Å². The van der Waals surface area contributed by atoms with Crippen LogP contribution in [0.3, 0.4) is 0 Å². The second kappa shape index (κ2) is 9.36. The lowest BCUT2D eigenvalue weighted by atomic mass is 10.0. The highest BCUT2D eigenvalue weighted by atomic mass is 16.2. The topological polar surface area (TPSA) is 89.4 Å². The molecule has 0 saturated heterocycles. The zero-order valence-corrected chi connectivity index (χ0v) is 9.60. The van der Waals surface area contributed by atoms with E-state index in [1.165, 1.54) is 4.90 Å². The molecule has 4 N–H and O–H groups in total. The van der Waals surface area contributed by atoms with Gasteiger partial charge in [-0.3, -0.25) is 4.79 Å². The summed E-state index contributed by atoms with van der Waals surface area (Å²) in [5, 5.41) is 0. The second-order valence-corrected chi connectivity index (χ2v) is 3.57.